The summed E-state index contributed by atoms with van der Waals surface area (Å²) >= 11 is 0. The second kappa shape index (κ2) is 3.38. The second-order valence-electron chi connectivity index (χ2n) is 3.87. The van der Waals surface area contributed by atoms with Crippen molar-refractivity contribution in [2.75, 3.05) is 7.11 Å². The Morgan fingerprint density at radius 2 is 2.06 bits per heavy atom. The summed E-state index contributed by atoms with van der Waals surface area (Å²) in [5.74, 6) is -0.175. The molecule has 1 aliphatic carbocycles. The van der Waals surface area contributed by atoms with E-state index >= 15 is 0 Å². The summed E-state index contributed by atoms with van der Waals surface area (Å²) in [5.41, 5.74) is -1.65. The van der Waals surface area contributed by atoms with Crippen LogP contribution in [-0.2, 0) is 16.8 Å². The van der Waals surface area contributed by atoms with Crippen molar-refractivity contribution in [3.8, 4) is 5.75 Å². The largest absolute Gasteiger partial charge is 0.508 e. The van der Waals surface area contributed by atoms with Crippen LogP contribution in [0.2, 0.25) is 0 Å². The fourth-order valence-electron chi connectivity index (χ4n) is 2.23. The van der Waals surface area contributed by atoms with E-state index in [4.69, 9.17) is 4.74 Å². The number of phenolic OH excluding ortho intramolecular Hbond substituents is 1. The van der Waals surface area contributed by atoms with E-state index in [1.54, 1.807) is 0 Å². The third kappa shape index (κ3) is 1.38. The Hall–Kier alpha value is -1.23. The van der Waals surface area contributed by atoms with Crippen molar-refractivity contribution in [2.45, 2.75) is 24.6 Å². The third-order valence-corrected chi connectivity index (χ3v) is 3.08. The van der Waals surface area contributed by atoms with Gasteiger partial charge < -0.3 is 9.84 Å². The zero-order valence-electron chi connectivity index (χ0n) is 8.64. The number of aryl methyl sites for hydroxylation is 1. The zero-order chi connectivity index (χ0) is 12.0. The van der Waals surface area contributed by atoms with Gasteiger partial charge in [-0.25, -0.2) is 0 Å². The van der Waals surface area contributed by atoms with Crippen LogP contribution in [0.4, 0.5) is 13.2 Å². The number of fused-ring (bicyclic) bond motifs is 1. The molecule has 1 aromatic rings. The average molecular weight is 232 g/mol. The van der Waals surface area contributed by atoms with Gasteiger partial charge in [0.1, 0.15) is 5.75 Å². The molecular formula is C11H11F3O2. The summed E-state index contributed by atoms with van der Waals surface area (Å²) in [6.07, 6.45) is -4.30. The fraction of sp³-hybridized carbons (Fsp3) is 0.455. The highest BCUT2D eigenvalue weighted by atomic mass is 19.4. The number of hydrogen-bond donors (Lipinski definition) is 1. The molecule has 1 aromatic carbocycles. The predicted molar refractivity (Wildman–Crippen MR) is 51.2 cm³/mol. The monoisotopic (exact) mass is 232 g/mol. The van der Waals surface area contributed by atoms with Crippen molar-refractivity contribution in [3.63, 3.8) is 0 Å². The molecule has 0 spiro atoms. The van der Waals surface area contributed by atoms with Gasteiger partial charge in [0.05, 0.1) is 0 Å². The molecular weight excluding hydrogens is 221 g/mol. The Kier molecular flexibility index (Phi) is 2.38. The van der Waals surface area contributed by atoms with Crippen LogP contribution in [-0.4, -0.2) is 18.4 Å². The van der Waals surface area contributed by atoms with Crippen LogP contribution in [0.15, 0.2) is 18.2 Å². The highest BCUT2D eigenvalue weighted by molar-refractivity contribution is 5.43. The van der Waals surface area contributed by atoms with E-state index in [-0.39, 0.29) is 17.7 Å². The molecule has 1 N–H and O–H groups in total. The number of phenols is 1. The number of rotatable bonds is 1. The summed E-state index contributed by atoms with van der Waals surface area (Å²) in [6.45, 7) is 0. The molecule has 1 unspecified atom stereocenters. The number of ether oxygens (including phenoxy) is 1. The van der Waals surface area contributed by atoms with E-state index in [0.717, 1.165) is 13.2 Å². The first-order valence-electron chi connectivity index (χ1n) is 4.85. The van der Waals surface area contributed by atoms with Gasteiger partial charge in [0.25, 0.3) is 0 Å². The number of methoxy groups -OCH3 is 1. The van der Waals surface area contributed by atoms with Crippen molar-refractivity contribution >= 4 is 0 Å². The summed E-state index contributed by atoms with van der Waals surface area (Å²) in [4.78, 5) is 0. The van der Waals surface area contributed by atoms with Crippen LogP contribution in [0.5, 0.6) is 5.75 Å². The van der Waals surface area contributed by atoms with Gasteiger partial charge >= 0.3 is 6.18 Å². The van der Waals surface area contributed by atoms with Crippen LogP contribution >= 0.6 is 0 Å². The lowest BCUT2D eigenvalue weighted by Gasteiger charge is -2.31. The number of halogens is 3. The Morgan fingerprint density at radius 1 is 1.38 bits per heavy atom. The van der Waals surface area contributed by atoms with Crippen molar-refractivity contribution < 1.29 is 23.0 Å². The zero-order valence-corrected chi connectivity index (χ0v) is 8.64. The molecule has 2 nitrogen and oxygen atoms in total. The molecule has 0 bridgehead atoms. The maximum absolute atomic E-state index is 13.0. The summed E-state index contributed by atoms with van der Waals surface area (Å²) < 4.78 is 43.8. The van der Waals surface area contributed by atoms with E-state index in [1.807, 2.05) is 0 Å². The van der Waals surface area contributed by atoms with Crippen molar-refractivity contribution in [1.82, 2.24) is 0 Å². The lowest BCUT2D eigenvalue weighted by atomic mass is 9.95. The van der Waals surface area contributed by atoms with Gasteiger partial charge in [-0.1, -0.05) is 6.07 Å². The SMILES string of the molecule is COC1(C(F)(F)F)CCc2ccc(O)cc21. The molecule has 0 aromatic heterocycles. The van der Waals surface area contributed by atoms with Gasteiger partial charge in [-0.3, -0.25) is 0 Å². The Labute approximate surface area is 90.7 Å². The molecule has 0 heterocycles. The van der Waals surface area contributed by atoms with E-state index in [0.29, 0.717) is 12.0 Å². The normalized spacial score (nSPS) is 24.5. The van der Waals surface area contributed by atoms with E-state index in [1.165, 1.54) is 12.1 Å². The summed E-state index contributed by atoms with van der Waals surface area (Å²) in [7, 11) is 1.05. The van der Waals surface area contributed by atoms with Crippen LogP contribution < -0.4 is 0 Å². The van der Waals surface area contributed by atoms with E-state index in [9.17, 15) is 18.3 Å². The number of aromatic hydroxyl groups is 1. The van der Waals surface area contributed by atoms with Crippen molar-refractivity contribution in [3.05, 3.63) is 29.3 Å². The maximum atomic E-state index is 13.0. The van der Waals surface area contributed by atoms with Crippen molar-refractivity contribution in [1.29, 1.82) is 0 Å². The van der Waals surface area contributed by atoms with Gasteiger partial charge in [-0.15, -0.1) is 0 Å². The highest BCUT2D eigenvalue weighted by Gasteiger charge is 2.59. The Balaban J connectivity index is 2.59. The summed E-state index contributed by atoms with van der Waals surface area (Å²) in [6, 6.07) is 4.04. The highest BCUT2D eigenvalue weighted by Crippen LogP contribution is 2.51. The van der Waals surface area contributed by atoms with Gasteiger partial charge in [-0.05, 0) is 36.1 Å². The van der Waals surface area contributed by atoms with Crippen LogP contribution in [0.3, 0.4) is 0 Å². The minimum Gasteiger partial charge on any atom is -0.508 e. The van der Waals surface area contributed by atoms with Crippen LogP contribution in [0, 0.1) is 0 Å². The first kappa shape index (κ1) is 11.3. The topological polar surface area (TPSA) is 29.5 Å². The van der Waals surface area contributed by atoms with E-state index < -0.39 is 11.8 Å². The summed E-state index contributed by atoms with van der Waals surface area (Å²) in [5, 5.41) is 9.27. The van der Waals surface area contributed by atoms with Crippen LogP contribution in [0.1, 0.15) is 17.5 Å². The quantitative estimate of drug-likeness (QED) is 0.806. The van der Waals surface area contributed by atoms with Gasteiger partial charge in [0, 0.05) is 7.11 Å². The molecule has 88 valence electrons. The second-order valence-corrected chi connectivity index (χ2v) is 3.87. The first-order valence-corrected chi connectivity index (χ1v) is 4.85. The third-order valence-electron chi connectivity index (χ3n) is 3.08. The minimum atomic E-state index is -4.47. The molecule has 0 radical (unpaired) electrons. The lowest BCUT2D eigenvalue weighted by molar-refractivity contribution is -0.275. The van der Waals surface area contributed by atoms with E-state index in [2.05, 4.69) is 0 Å². The number of benzene rings is 1. The first-order chi connectivity index (χ1) is 7.40. The molecule has 1 aliphatic rings. The maximum Gasteiger partial charge on any atom is 0.421 e. The Bertz CT molecular complexity index is 414. The standard InChI is InChI=1S/C11H11F3O2/c1-16-10(11(12,13)14)5-4-7-2-3-8(15)6-9(7)10/h2-3,6,15H,4-5H2,1H3. The molecule has 1 atom stereocenters. The molecule has 2 rings (SSSR count). The molecule has 0 fully saturated rings. The minimum absolute atomic E-state index is 0.0301. The predicted octanol–water partition coefficient (Wildman–Crippen LogP) is 2.74. The lowest BCUT2D eigenvalue weighted by Crippen LogP contribution is -2.42. The smallest absolute Gasteiger partial charge is 0.421 e. The molecule has 5 heteroatoms. The van der Waals surface area contributed by atoms with Crippen LogP contribution in [0.25, 0.3) is 0 Å². The molecule has 0 saturated heterocycles. The number of hydrogen-bond acceptors (Lipinski definition) is 2. The number of alkyl halides is 3. The molecule has 0 aliphatic heterocycles. The Morgan fingerprint density at radius 3 is 2.62 bits per heavy atom. The van der Waals surface area contributed by atoms with Crippen molar-refractivity contribution in [2.24, 2.45) is 0 Å². The van der Waals surface area contributed by atoms with Gasteiger partial charge in [0.2, 0.25) is 0 Å². The molecule has 0 amide bonds. The average Bonchev–Trinajstić information content (AvgIpc) is 2.56. The fourth-order valence-corrected chi connectivity index (χ4v) is 2.23. The molecule has 16 heavy (non-hydrogen) atoms. The molecule has 0 saturated carbocycles. The van der Waals surface area contributed by atoms with Gasteiger partial charge in [-0.2, -0.15) is 13.2 Å². The van der Waals surface area contributed by atoms with Gasteiger partial charge in [0.15, 0.2) is 5.60 Å².